The van der Waals surface area contributed by atoms with Crippen LogP contribution in [0.5, 0.6) is 0 Å². The van der Waals surface area contributed by atoms with Gasteiger partial charge in [0.25, 0.3) is 0 Å². The quantitative estimate of drug-likeness (QED) is 0.545. The van der Waals surface area contributed by atoms with Gasteiger partial charge in [-0.3, -0.25) is 0 Å². The summed E-state index contributed by atoms with van der Waals surface area (Å²) in [5, 5.41) is 0. The molecule has 0 N–H and O–H groups in total. The molecule has 0 saturated carbocycles. The van der Waals surface area contributed by atoms with Gasteiger partial charge in [0.2, 0.25) is 0 Å². The normalized spacial score (nSPS) is 27.8. The van der Waals surface area contributed by atoms with Crippen LogP contribution in [0.25, 0.3) is 0 Å². The van der Waals surface area contributed by atoms with Gasteiger partial charge in [-0.15, -0.1) is 0 Å². The molecule has 0 aromatic rings. The van der Waals surface area contributed by atoms with Crippen molar-refractivity contribution in [2.24, 2.45) is 0 Å². The molecule has 0 unspecified atom stereocenters. The Bertz CT molecular complexity index is 87.4. The van der Waals surface area contributed by atoms with Crippen LogP contribution in [0.2, 0.25) is 0 Å². The van der Waals surface area contributed by atoms with Crippen LogP contribution in [0.1, 0.15) is 32.6 Å². The Hall–Kier alpha value is 0.430. The first kappa shape index (κ1) is 8.53. The molecule has 0 nitrogen and oxygen atoms in total. The molecule has 0 aromatic carbocycles. The average molecular weight is 160 g/mol. The van der Waals surface area contributed by atoms with Crippen molar-refractivity contribution in [2.45, 2.75) is 32.6 Å². The van der Waals surface area contributed by atoms with Crippen LogP contribution in [0.15, 0.2) is 0 Å². The van der Waals surface area contributed by atoms with Crippen LogP contribution >= 0.6 is 7.26 Å². The predicted molar refractivity (Wildman–Crippen MR) is 53.0 cm³/mol. The molecule has 1 heteroatoms. The van der Waals surface area contributed by atoms with Gasteiger partial charge in [0.15, 0.2) is 0 Å². The molecule has 0 amide bonds. The Morgan fingerprint density at radius 1 is 1.10 bits per heavy atom. The van der Waals surface area contributed by atoms with Gasteiger partial charge in [0.05, 0.1) is 0 Å². The van der Waals surface area contributed by atoms with Crippen LogP contribution in [-0.4, -0.2) is 25.2 Å². The molecule has 0 bridgehead atoms. The summed E-state index contributed by atoms with van der Waals surface area (Å²) < 4.78 is 0. The van der Waals surface area contributed by atoms with Gasteiger partial charge in [-0.2, -0.15) is 0 Å². The molecule has 1 heterocycles. The zero-order valence-electron chi connectivity index (χ0n) is 7.45. The number of hydrogen-bond donors (Lipinski definition) is 0. The third kappa shape index (κ3) is 2.23. The minimum atomic E-state index is -0.637. The van der Waals surface area contributed by atoms with Crippen LogP contribution in [0, 0.1) is 0 Å². The predicted octanol–water partition coefficient (Wildman–Crippen LogP) is 2.96. The van der Waals surface area contributed by atoms with Gasteiger partial charge in [0, 0.05) is 0 Å². The summed E-state index contributed by atoms with van der Waals surface area (Å²) in [5.41, 5.74) is 0. The fraction of sp³-hybridized carbons (Fsp3) is 1.00. The van der Waals surface area contributed by atoms with Crippen LogP contribution in [0.4, 0.5) is 0 Å². The summed E-state index contributed by atoms with van der Waals surface area (Å²) in [6, 6.07) is 0. The second-order valence-corrected chi connectivity index (χ2v) is 9.24. The Morgan fingerprint density at radius 2 is 1.70 bits per heavy atom. The fourth-order valence-electron chi connectivity index (χ4n) is 2.26. The van der Waals surface area contributed by atoms with Crippen molar-refractivity contribution in [2.75, 3.05) is 25.2 Å². The van der Waals surface area contributed by atoms with E-state index >= 15 is 0 Å². The average Bonchev–Trinajstić information content (AvgIpc) is 1.89. The Kier molecular flexibility index (Phi) is 3.17. The Labute approximate surface area is 65.7 Å². The molecule has 1 fully saturated rings. The second-order valence-electron chi connectivity index (χ2n) is 4.12. The standard InChI is InChI=1S/C9H21P/c1-3-7-10(2)8-5-4-6-9-10/h10H,3-9H2,1-2H3. The third-order valence-electron chi connectivity index (χ3n) is 2.91. The monoisotopic (exact) mass is 160 g/mol. The maximum atomic E-state index is 2.61. The van der Waals surface area contributed by atoms with Crippen molar-refractivity contribution in [3.63, 3.8) is 0 Å². The van der Waals surface area contributed by atoms with Gasteiger partial charge in [-0.25, -0.2) is 0 Å². The zero-order chi connectivity index (χ0) is 7.45. The van der Waals surface area contributed by atoms with Gasteiger partial charge < -0.3 is 0 Å². The Balaban J connectivity index is 2.32. The SMILES string of the molecule is CCC[PH]1(C)CCCCC1. The van der Waals surface area contributed by atoms with E-state index in [1.807, 2.05) is 0 Å². The molecule has 0 spiro atoms. The molecular formula is C9H21P. The molecule has 0 atom stereocenters. The number of rotatable bonds is 2. The van der Waals surface area contributed by atoms with Gasteiger partial charge in [-0.05, 0) is 0 Å². The van der Waals surface area contributed by atoms with Crippen molar-refractivity contribution >= 4 is 7.26 Å². The van der Waals surface area contributed by atoms with Gasteiger partial charge in [0.1, 0.15) is 0 Å². The molecule has 1 aliphatic heterocycles. The topological polar surface area (TPSA) is 0 Å². The van der Waals surface area contributed by atoms with E-state index < -0.39 is 7.26 Å². The van der Waals surface area contributed by atoms with Crippen molar-refractivity contribution in [3.05, 3.63) is 0 Å². The van der Waals surface area contributed by atoms with Crippen molar-refractivity contribution in [3.8, 4) is 0 Å². The molecule has 0 aliphatic carbocycles. The summed E-state index contributed by atoms with van der Waals surface area (Å²) in [7, 11) is -0.637. The van der Waals surface area contributed by atoms with E-state index in [0.29, 0.717) is 0 Å². The van der Waals surface area contributed by atoms with E-state index in [1.165, 1.54) is 12.8 Å². The second kappa shape index (κ2) is 3.72. The van der Waals surface area contributed by atoms with E-state index in [1.54, 1.807) is 31.3 Å². The molecule has 0 radical (unpaired) electrons. The molecule has 62 valence electrons. The summed E-state index contributed by atoms with van der Waals surface area (Å²) in [5.74, 6) is 0. The van der Waals surface area contributed by atoms with E-state index in [2.05, 4.69) is 13.6 Å². The summed E-state index contributed by atoms with van der Waals surface area (Å²) >= 11 is 0. The third-order valence-corrected chi connectivity index (χ3v) is 7.74. The first-order chi connectivity index (χ1) is 4.77. The summed E-state index contributed by atoms with van der Waals surface area (Å²) in [6.45, 7) is 4.95. The zero-order valence-corrected chi connectivity index (χ0v) is 8.45. The summed E-state index contributed by atoms with van der Waals surface area (Å²) in [6.07, 6.45) is 10.9. The van der Waals surface area contributed by atoms with E-state index in [9.17, 15) is 0 Å². The maximum absolute atomic E-state index is 2.61. The molecule has 1 aliphatic rings. The van der Waals surface area contributed by atoms with Crippen molar-refractivity contribution in [1.29, 1.82) is 0 Å². The van der Waals surface area contributed by atoms with Crippen LogP contribution < -0.4 is 0 Å². The van der Waals surface area contributed by atoms with E-state index in [4.69, 9.17) is 0 Å². The molecular weight excluding hydrogens is 139 g/mol. The van der Waals surface area contributed by atoms with E-state index in [0.717, 1.165) is 0 Å². The van der Waals surface area contributed by atoms with Crippen LogP contribution in [-0.2, 0) is 0 Å². The Morgan fingerprint density at radius 3 is 2.20 bits per heavy atom. The molecule has 1 rings (SSSR count). The fourth-order valence-corrected chi connectivity index (χ4v) is 6.42. The minimum absolute atomic E-state index is 0.637. The first-order valence-corrected chi connectivity index (χ1v) is 7.89. The molecule has 1 saturated heterocycles. The first-order valence-electron chi connectivity index (χ1n) is 4.77. The van der Waals surface area contributed by atoms with Crippen molar-refractivity contribution < 1.29 is 0 Å². The van der Waals surface area contributed by atoms with Crippen molar-refractivity contribution in [1.82, 2.24) is 0 Å². The van der Waals surface area contributed by atoms with E-state index in [-0.39, 0.29) is 0 Å². The summed E-state index contributed by atoms with van der Waals surface area (Å²) in [4.78, 5) is 0. The van der Waals surface area contributed by atoms with Crippen LogP contribution in [0.3, 0.4) is 0 Å². The van der Waals surface area contributed by atoms with Gasteiger partial charge in [-0.1, -0.05) is 0 Å². The molecule has 10 heavy (non-hydrogen) atoms. The molecule has 0 aromatic heterocycles. The number of hydrogen-bond acceptors (Lipinski definition) is 0. The van der Waals surface area contributed by atoms with Gasteiger partial charge >= 0.3 is 65.0 Å².